The van der Waals surface area contributed by atoms with Gasteiger partial charge in [-0.05, 0) is 49.6 Å². The van der Waals surface area contributed by atoms with Crippen molar-refractivity contribution < 1.29 is 9.59 Å². The molecule has 0 unspecified atom stereocenters. The molecule has 0 spiro atoms. The molecular formula is C18H18ClNO2. The second kappa shape index (κ2) is 7.23. The summed E-state index contributed by atoms with van der Waals surface area (Å²) in [6.45, 7) is 3.43. The van der Waals surface area contributed by atoms with Crippen LogP contribution in [0.25, 0.3) is 0 Å². The van der Waals surface area contributed by atoms with Gasteiger partial charge in [0.2, 0.25) is 5.91 Å². The van der Waals surface area contributed by atoms with Crippen LogP contribution in [0.15, 0.2) is 42.5 Å². The zero-order valence-corrected chi connectivity index (χ0v) is 13.4. The van der Waals surface area contributed by atoms with Crippen molar-refractivity contribution in [3.8, 4) is 0 Å². The van der Waals surface area contributed by atoms with Crippen LogP contribution >= 0.6 is 11.6 Å². The summed E-state index contributed by atoms with van der Waals surface area (Å²) in [5.41, 5.74) is 3.12. The summed E-state index contributed by atoms with van der Waals surface area (Å²) in [5.74, 6) is -0.188. The van der Waals surface area contributed by atoms with Gasteiger partial charge in [-0.15, -0.1) is 0 Å². The smallest absolute Gasteiger partial charge is 0.224 e. The topological polar surface area (TPSA) is 46.2 Å². The SMILES string of the molecule is CC(=O)c1ccccc1NC(=O)CCc1ccc(C)c(Cl)c1. The van der Waals surface area contributed by atoms with E-state index < -0.39 is 0 Å². The van der Waals surface area contributed by atoms with Gasteiger partial charge in [-0.1, -0.05) is 35.9 Å². The fourth-order valence-corrected chi connectivity index (χ4v) is 2.36. The molecule has 2 rings (SSSR count). The number of aryl methyl sites for hydroxylation is 2. The number of carbonyl (C=O) groups excluding carboxylic acids is 2. The molecule has 1 N–H and O–H groups in total. The fraction of sp³-hybridized carbons (Fsp3) is 0.222. The van der Waals surface area contributed by atoms with Crippen LogP contribution in [0.1, 0.15) is 34.8 Å². The van der Waals surface area contributed by atoms with Gasteiger partial charge in [0.15, 0.2) is 5.78 Å². The molecule has 0 aliphatic heterocycles. The van der Waals surface area contributed by atoms with Gasteiger partial charge in [0.1, 0.15) is 0 Å². The van der Waals surface area contributed by atoms with E-state index in [0.717, 1.165) is 11.1 Å². The highest BCUT2D eigenvalue weighted by Crippen LogP contribution is 2.19. The molecule has 0 radical (unpaired) electrons. The Kier molecular flexibility index (Phi) is 5.34. The molecule has 0 aliphatic rings. The quantitative estimate of drug-likeness (QED) is 0.830. The third kappa shape index (κ3) is 4.18. The highest BCUT2D eigenvalue weighted by Gasteiger charge is 2.10. The predicted molar refractivity (Wildman–Crippen MR) is 89.6 cm³/mol. The molecule has 0 fully saturated rings. The van der Waals surface area contributed by atoms with Crippen molar-refractivity contribution in [2.75, 3.05) is 5.32 Å². The molecule has 3 nitrogen and oxygen atoms in total. The van der Waals surface area contributed by atoms with Crippen LogP contribution in [0.5, 0.6) is 0 Å². The molecule has 22 heavy (non-hydrogen) atoms. The van der Waals surface area contributed by atoms with Gasteiger partial charge in [-0.2, -0.15) is 0 Å². The summed E-state index contributed by atoms with van der Waals surface area (Å²) in [4.78, 5) is 23.6. The van der Waals surface area contributed by atoms with E-state index in [1.54, 1.807) is 24.3 Å². The van der Waals surface area contributed by atoms with E-state index in [1.165, 1.54) is 6.92 Å². The summed E-state index contributed by atoms with van der Waals surface area (Å²) >= 11 is 6.08. The monoisotopic (exact) mass is 315 g/mol. The molecule has 0 bridgehead atoms. The maximum absolute atomic E-state index is 12.1. The molecule has 0 saturated heterocycles. The van der Waals surface area contributed by atoms with Gasteiger partial charge in [0.05, 0.1) is 5.69 Å². The number of ketones is 1. The van der Waals surface area contributed by atoms with Gasteiger partial charge < -0.3 is 5.32 Å². The van der Waals surface area contributed by atoms with Crippen LogP contribution in [-0.2, 0) is 11.2 Å². The van der Waals surface area contributed by atoms with E-state index in [-0.39, 0.29) is 11.7 Å². The van der Waals surface area contributed by atoms with E-state index in [1.807, 2.05) is 25.1 Å². The van der Waals surface area contributed by atoms with Crippen molar-refractivity contribution >= 4 is 29.0 Å². The Morgan fingerprint density at radius 1 is 1.14 bits per heavy atom. The van der Waals surface area contributed by atoms with Crippen molar-refractivity contribution in [1.29, 1.82) is 0 Å². The number of amides is 1. The number of hydrogen-bond acceptors (Lipinski definition) is 2. The molecule has 2 aromatic carbocycles. The lowest BCUT2D eigenvalue weighted by Gasteiger charge is -2.09. The van der Waals surface area contributed by atoms with Gasteiger partial charge >= 0.3 is 0 Å². The van der Waals surface area contributed by atoms with Crippen molar-refractivity contribution in [3.63, 3.8) is 0 Å². The largest absolute Gasteiger partial charge is 0.325 e. The molecule has 0 saturated carbocycles. The minimum atomic E-state index is -0.120. The lowest BCUT2D eigenvalue weighted by Crippen LogP contribution is -2.14. The first-order valence-corrected chi connectivity index (χ1v) is 7.50. The Balaban J connectivity index is 1.99. The van der Waals surface area contributed by atoms with Crippen molar-refractivity contribution in [1.82, 2.24) is 0 Å². The summed E-state index contributed by atoms with van der Waals surface area (Å²) < 4.78 is 0. The average molecular weight is 316 g/mol. The van der Waals surface area contributed by atoms with Crippen LogP contribution in [0.2, 0.25) is 5.02 Å². The zero-order chi connectivity index (χ0) is 16.1. The summed E-state index contributed by atoms with van der Waals surface area (Å²) in [5, 5.41) is 3.50. The van der Waals surface area contributed by atoms with Crippen LogP contribution < -0.4 is 5.32 Å². The van der Waals surface area contributed by atoms with Crippen molar-refractivity contribution in [2.45, 2.75) is 26.7 Å². The Morgan fingerprint density at radius 2 is 1.86 bits per heavy atom. The normalized spacial score (nSPS) is 10.3. The number of benzene rings is 2. The van der Waals surface area contributed by atoms with E-state index in [2.05, 4.69) is 5.32 Å². The van der Waals surface area contributed by atoms with Crippen molar-refractivity contribution in [2.24, 2.45) is 0 Å². The minimum absolute atomic E-state index is 0.0683. The first-order valence-electron chi connectivity index (χ1n) is 7.12. The maximum Gasteiger partial charge on any atom is 0.224 e. The van der Waals surface area contributed by atoms with E-state index >= 15 is 0 Å². The highest BCUT2D eigenvalue weighted by molar-refractivity contribution is 6.31. The number of rotatable bonds is 5. The Labute approximate surface area is 135 Å². The zero-order valence-electron chi connectivity index (χ0n) is 12.7. The Morgan fingerprint density at radius 3 is 2.55 bits per heavy atom. The average Bonchev–Trinajstić information content (AvgIpc) is 2.49. The molecular weight excluding hydrogens is 298 g/mol. The van der Waals surface area contributed by atoms with Crippen LogP contribution in [-0.4, -0.2) is 11.7 Å². The predicted octanol–water partition coefficient (Wildman–Crippen LogP) is 4.42. The number of nitrogens with one attached hydrogen (secondary N) is 1. The molecule has 0 heterocycles. The molecule has 114 valence electrons. The molecule has 0 atom stereocenters. The number of carbonyl (C=O) groups is 2. The number of anilines is 1. The molecule has 1 amide bonds. The third-order valence-corrected chi connectivity index (χ3v) is 3.86. The highest BCUT2D eigenvalue weighted by atomic mass is 35.5. The number of hydrogen-bond donors (Lipinski definition) is 1. The molecule has 0 aliphatic carbocycles. The summed E-state index contributed by atoms with van der Waals surface area (Å²) in [7, 11) is 0. The second-order valence-electron chi connectivity index (χ2n) is 5.23. The van der Waals surface area contributed by atoms with E-state index in [4.69, 9.17) is 11.6 Å². The fourth-order valence-electron chi connectivity index (χ4n) is 2.16. The van der Waals surface area contributed by atoms with Crippen LogP contribution in [0.4, 0.5) is 5.69 Å². The summed E-state index contributed by atoms with van der Waals surface area (Å²) in [6.07, 6.45) is 0.944. The Hall–Kier alpha value is -2.13. The van der Waals surface area contributed by atoms with Gasteiger partial charge in [-0.25, -0.2) is 0 Å². The maximum atomic E-state index is 12.1. The van der Waals surface area contributed by atoms with Crippen molar-refractivity contribution in [3.05, 3.63) is 64.2 Å². The van der Waals surface area contributed by atoms with Gasteiger partial charge in [0.25, 0.3) is 0 Å². The molecule has 0 aromatic heterocycles. The number of Topliss-reactive ketones (excluding diaryl/α,β-unsaturated/α-hetero) is 1. The number of halogens is 1. The first-order chi connectivity index (χ1) is 10.5. The second-order valence-corrected chi connectivity index (χ2v) is 5.64. The lowest BCUT2D eigenvalue weighted by atomic mass is 10.1. The summed E-state index contributed by atoms with van der Waals surface area (Å²) in [6, 6.07) is 12.8. The standard InChI is InChI=1S/C18H18ClNO2/c1-12-7-8-14(11-16(12)19)9-10-18(22)20-17-6-4-3-5-15(17)13(2)21/h3-8,11H,9-10H2,1-2H3,(H,20,22). The lowest BCUT2D eigenvalue weighted by molar-refractivity contribution is -0.116. The van der Waals surface area contributed by atoms with E-state index in [9.17, 15) is 9.59 Å². The molecule has 4 heteroatoms. The van der Waals surface area contributed by atoms with E-state index in [0.29, 0.717) is 29.1 Å². The minimum Gasteiger partial charge on any atom is -0.325 e. The van der Waals surface area contributed by atoms with Gasteiger partial charge in [-0.3, -0.25) is 9.59 Å². The molecule has 2 aromatic rings. The van der Waals surface area contributed by atoms with Crippen LogP contribution in [0.3, 0.4) is 0 Å². The number of para-hydroxylation sites is 1. The van der Waals surface area contributed by atoms with Gasteiger partial charge in [0, 0.05) is 17.0 Å². The first kappa shape index (κ1) is 16.2. The third-order valence-electron chi connectivity index (χ3n) is 3.46. The Bertz CT molecular complexity index is 710. The van der Waals surface area contributed by atoms with Crippen LogP contribution in [0, 0.1) is 6.92 Å².